The van der Waals surface area contributed by atoms with Gasteiger partial charge in [-0.1, -0.05) is 112 Å². The van der Waals surface area contributed by atoms with Crippen LogP contribution in [0, 0.1) is 0 Å². The Morgan fingerprint density at radius 2 is 1.45 bits per heavy atom. The van der Waals surface area contributed by atoms with Crippen molar-refractivity contribution in [2.75, 3.05) is 13.7 Å². The quantitative estimate of drug-likeness (QED) is 0.109. The smallest absolute Gasteiger partial charge is 0.330 e. The number of ether oxygens (including phenoxy) is 1. The van der Waals surface area contributed by atoms with Crippen molar-refractivity contribution in [3.05, 3.63) is 121 Å². The van der Waals surface area contributed by atoms with Crippen LogP contribution in [0.5, 0.6) is 0 Å². The van der Waals surface area contributed by atoms with Crippen LogP contribution in [0.4, 0.5) is 0 Å². The van der Waals surface area contributed by atoms with Crippen LogP contribution in [0.25, 0.3) is 0 Å². The van der Waals surface area contributed by atoms with Crippen LogP contribution in [0.15, 0.2) is 114 Å². The number of hydrogen-bond donors (Lipinski definition) is 0. The number of allylic oxidation sites excluding steroid dienone is 4. The van der Waals surface area contributed by atoms with Gasteiger partial charge in [-0.05, 0) is 40.4 Å². The minimum Gasteiger partial charge on any atom is -0.466 e. The SMILES string of the molecule is COC(=O)/C=C/C/C=C/CCc1ccc(C/C=C/CO[Si](c2ccccc2)(c2ccccc2)C(C)(C)C)o1. The van der Waals surface area contributed by atoms with Crippen molar-refractivity contribution in [3.63, 3.8) is 0 Å². The minimum atomic E-state index is -2.52. The molecule has 3 rings (SSSR count). The van der Waals surface area contributed by atoms with Crippen LogP contribution >= 0.6 is 0 Å². The molecule has 0 spiro atoms. The molecule has 0 N–H and O–H groups in total. The van der Waals surface area contributed by atoms with E-state index in [-0.39, 0.29) is 11.0 Å². The molecular formula is C33H40O4Si. The van der Waals surface area contributed by atoms with Gasteiger partial charge in [-0.25, -0.2) is 4.79 Å². The van der Waals surface area contributed by atoms with E-state index in [1.54, 1.807) is 6.08 Å². The average molecular weight is 529 g/mol. The van der Waals surface area contributed by atoms with E-state index in [1.807, 2.05) is 18.2 Å². The van der Waals surface area contributed by atoms with Gasteiger partial charge in [0.25, 0.3) is 8.32 Å². The molecule has 4 nitrogen and oxygen atoms in total. The molecule has 0 fully saturated rings. The summed E-state index contributed by atoms with van der Waals surface area (Å²) in [7, 11) is -1.14. The topological polar surface area (TPSA) is 48.7 Å². The van der Waals surface area contributed by atoms with Gasteiger partial charge in [0.05, 0.1) is 13.7 Å². The third kappa shape index (κ3) is 8.04. The normalized spacial score (nSPS) is 12.6. The monoisotopic (exact) mass is 528 g/mol. The number of rotatable bonds is 13. The lowest BCUT2D eigenvalue weighted by Gasteiger charge is -2.42. The van der Waals surface area contributed by atoms with Crippen LogP contribution in [-0.4, -0.2) is 28.0 Å². The van der Waals surface area contributed by atoms with E-state index in [9.17, 15) is 4.79 Å². The van der Waals surface area contributed by atoms with Gasteiger partial charge in [0.15, 0.2) is 0 Å². The number of aryl methyl sites for hydroxylation is 1. The number of carbonyl (C=O) groups is 1. The standard InChI is InChI=1S/C33H40O4Si/c1-33(2,3)38(30-20-11-8-12-21-30,31-22-13-9-14-23-31)36-27-17-16-19-29-26-25-28(37-29)18-10-6-5-7-15-24-32(34)35-4/h5-6,8-9,11-17,20-26H,7,10,18-19,27H2,1-4H3/b6-5+,17-16+,24-15+. The number of benzene rings is 2. The highest BCUT2D eigenvalue weighted by Gasteiger charge is 2.49. The van der Waals surface area contributed by atoms with E-state index in [0.29, 0.717) is 13.0 Å². The summed E-state index contributed by atoms with van der Waals surface area (Å²) in [5.41, 5.74) is 0. The third-order valence-corrected chi connectivity index (χ3v) is 11.5. The zero-order chi connectivity index (χ0) is 27.3. The fourth-order valence-corrected chi connectivity index (χ4v) is 9.12. The summed E-state index contributed by atoms with van der Waals surface area (Å²) >= 11 is 0. The van der Waals surface area contributed by atoms with Gasteiger partial charge >= 0.3 is 5.97 Å². The molecule has 0 atom stereocenters. The van der Waals surface area contributed by atoms with Crippen LogP contribution in [0.3, 0.4) is 0 Å². The van der Waals surface area contributed by atoms with Crippen molar-refractivity contribution >= 4 is 24.7 Å². The first kappa shape index (κ1) is 29.1. The molecule has 0 aliphatic rings. The lowest BCUT2D eigenvalue weighted by molar-refractivity contribution is -0.134. The summed E-state index contributed by atoms with van der Waals surface area (Å²) in [4.78, 5) is 11.0. The van der Waals surface area contributed by atoms with Crippen molar-refractivity contribution in [2.24, 2.45) is 0 Å². The lowest BCUT2D eigenvalue weighted by atomic mass is 10.2. The number of esters is 1. The Bertz CT molecular complexity index is 1160. The predicted molar refractivity (Wildman–Crippen MR) is 158 cm³/mol. The van der Waals surface area contributed by atoms with Gasteiger partial charge in [-0.15, -0.1) is 0 Å². The maximum absolute atomic E-state index is 11.0. The molecule has 0 saturated heterocycles. The van der Waals surface area contributed by atoms with Crippen molar-refractivity contribution < 1.29 is 18.4 Å². The van der Waals surface area contributed by atoms with E-state index < -0.39 is 8.32 Å². The molecule has 0 aliphatic carbocycles. The zero-order valence-electron chi connectivity index (χ0n) is 23.1. The maximum atomic E-state index is 11.0. The largest absolute Gasteiger partial charge is 0.466 e. The fraction of sp³-hybridized carbons (Fsp3) is 0.303. The summed E-state index contributed by atoms with van der Waals surface area (Å²) in [5, 5.41) is 2.54. The Labute approximate surface area is 228 Å². The van der Waals surface area contributed by atoms with Gasteiger partial charge in [-0.2, -0.15) is 0 Å². The molecule has 0 amide bonds. The Hall–Kier alpha value is -3.41. The van der Waals surface area contributed by atoms with Crippen molar-refractivity contribution in [1.29, 1.82) is 0 Å². The highest BCUT2D eigenvalue weighted by Crippen LogP contribution is 2.36. The summed E-state index contributed by atoms with van der Waals surface area (Å²) in [5.74, 6) is 1.60. The second kappa shape index (κ2) is 14.5. The average Bonchev–Trinajstić information content (AvgIpc) is 3.38. The highest BCUT2D eigenvalue weighted by molar-refractivity contribution is 6.99. The first-order chi connectivity index (χ1) is 18.4. The molecule has 0 unspecified atom stereocenters. The van der Waals surface area contributed by atoms with Gasteiger partial charge < -0.3 is 13.6 Å². The second-order valence-electron chi connectivity index (χ2n) is 10.2. The molecule has 2 aromatic carbocycles. The number of hydrogen-bond acceptors (Lipinski definition) is 4. The van der Waals surface area contributed by atoms with Gasteiger partial charge in [-0.3, -0.25) is 0 Å². The van der Waals surface area contributed by atoms with Crippen LogP contribution in [0.1, 0.15) is 45.1 Å². The molecule has 5 heteroatoms. The maximum Gasteiger partial charge on any atom is 0.330 e. The fourth-order valence-electron chi connectivity index (χ4n) is 4.62. The zero-order valence-corrected chi connectivity index (χ0v) is 24.1. The van der Waals surface area contributed by atoms with Crippen LogP contribution in [0.2, 0.25) is 5.04 Å². The molecular weight excluding hydrogens is 488 g/mol. The van der Waals surface area contributed by atoms with Crippen LogP contribution < -0.4 is 10.4 Å². The second-order valence-corrected chi connectivity index (χ2v) is 14.5. The highest BCUT2D eigenvalue weighted by atomic mass is 28.4. The Balaban J connectivity index is 1.56. The van der Waals surface area contributed by atoms with Gasteiger partial charge in [0.2, 0.25) is 0 Å². The van der Waals surface area contributed by atoms with Crippen molar-refractivity contribution in [3.8, 4) is 0 Å². The van der Waals surface area contributed by atoms with Gasteiger partial charge in [0.1, 0.15) is 11.5 Å². The van der Waals surface area contributed by atoms with E-state index in [2.05, 4.69) is 104 Å². The lowest BCUT2D eigenvalue weighted by Crippen LogP contribution is -2.66. The molecule has 0 aliphatic heterocycles. The van der Waals surface area contributed by atoms with Crippen molar-refractivity contribution in [1.82, 2.24) is 0 Å². The van der Waals surface area contributed by atoms with E-state index in [0.717, 1.165) is 30.8 Å². The summed E-state index contributed by atoms with van der Waals surface area (Å²) in [6.45, 7) is 7.43. The first-order valence-electron chi connectivity index (χ1n) is 13.2. The summed E-state index contributed by atoms with van der Waals surface area (Å²) in [6, 6.07) is 25.5. The van der Waals surface area contributed by atoms with E-state index >= 15 is 0 Å². The Morgan fingerprint density at radius 3 is 2.05 bits per heavy atom. The molecule has 38 heavy (non-hydrogen) atoms. The van der Waals surface area contributed by atoms with Crippen LogP contribution in [-0.2, 0) is 26.8 Å². The molecule has 0 saturated carbocycles. The molecule has 3 aromatic rings. The van der Waals surface area contributed by atoms with Gasteiger partial charge in [0, 0.05) is 18.9 Å². The third-order valence-electron chi connectivity index (χ3n) is 6.47. The summed E-state index contributed by atoms with van der Waals surface area (Å²) < 4.78 is 17.5. The first-order valence-corrected chi connectivity index (χ1v) is 15.1. The van der Waals surface area contributed by atoms with E-state index in [4.69, 9.17) is 8.84 Å². The summed E-state index contributed by atoms with van der Waals surface area (Å²) in [6.07, 6.45) is 14.8. The number of furan rings is 1. The molecule has 0 bridgehead atoms. The number of methoxy groups -OCH3 is 1. The van der Waals surface area contributed by atoms with Crippen molar-refractivity contribution in [2.45, 2.75) is 51.5 Å². The molecule has 1 heterocycles. The Morgan fingerprint density at radius 1 is 0.816 bits per heavy atom. The number of carbonyl (C=O) groups excluding carboxylic acids is 1. The Kier molecular flexibility index (Phi) is 11.1. The minimum absolute atomic E-state index is 0.0362. The van der Waals surface area contributed by atoms with E-state index in [1.165, 1.54) is 23.6 Å². The molecule has 0 radical (unpaired) electrons. The predicted octanol–water partition coefficient (Wildman–Crippen LogP) is 6.56. The molecule has 200 valence electrons. The molecule has 1 aromatic heterocycles.